The second kappa shape index (κ2) is 6.22. The smallest absolute Gasteiger partial charge is 0.231 e. The molecule has 1 heterocycles. The van der Waals surface area contributed by atoms with E-state index >= 15 is 0 Å². The Balaban J connectivity index is 1.57. The van der Waals surface area contributed by atoms with Crippen LogP contribution in [0.15, 0.2) is 36.9 Å². The summed E-state index contributed by atoms with van der Waals surface area (Å²) >= 11 is 0. The summed E-state index contributed by atoms with van der Waals surface area (Å²) in [6.45, 7) is 9.28. The predicted octanol–water partition coefficient (Wildman–Crippen LogP) is 5.94. The highest BCUT2D eigenvalue weighted by atomic mass is 15.2. The Bertz CT molecular complexity index is 780. The van der Waals surface area contributed by atoms with E-state index in [2.05, 4.69) is 73.7 Å². The second-order valence-electron chi connectivity index (χ2n) is 10.5. The number of hydrogen-bond acceptors (Lipinski definition) is 0. The van der Waals surface area contributed by atoms with Crippen LogP contribution in [0.3, 0.4) is 0 Å². The lowest BCUT2D eigenvalue weighted by Crippen LogP contribution is -2.64. The first-order valence-corrected chi connectivity index (χ1v) is 11.2. The molecule has 0 spiro atoms. The van der Waals surface area contributed by atoms with Crippen molar-refractivity contribution in [2.75, 3.05) is 0 Å². The monoisotopic (exact) mass is 363 g/mol. The van der Waals surface area contributed by atoms with Crippen molar-refractivity contribution in [3.8, 4) is 5.69 Å². The van der Waals surface area contributed by atoms with Crippen molar-refractivity contribution in [3.05, 3.63) is 48.0 Å². The molecule has 2 aromatic rings. The van der Waals surface area contributed by atoms with Gasteiger partial charge in [-0.1, -0.05) is 45.9 Å². The Hall–Kier alpha value is -1.57. The van der Waals surface area contributed by atoms with Gasteiger partial charge in [-0.15, -0.1) is 0 Å². The van der Waals surface area contributed by atoms with Crippen molar-refractivity contribution in [3.63, 3.8) is 0 Å². The zero-order valence-electron chi connectivity index (χ0n) is 17.5. The van der Waals surface area contributed by atoms with E-state index in [1.165, 1.54) is 55.3 Å². The largest absolute Gasteiger partial charge is 0.249 e. The third kappa shape index (κ3) is 2.79. The Labute approximate surface area is 164 Å². The van der Waals surface area contributed by atoms with Crippen LogP contribution in [0.1, 0.15) is 89.2 Å². The van der Waals surface area contributed by atoms with E-state index in [4.69, 9.17) is 0 Å². The van der Waals surface area contributed by atoms with Gasteiger partial charge < -0.3 is 0 Å². The minimum atomic E-state index is 0.408. The summed E-state index contributed by atoms with van der Waals surface area (Å²) in [5, 5.41) is 0. The summed E-state index contributed by atoms with van der Waals surface area (Å²) in [5.41, 5.74) is 4.76. The van der Waals surface area contributed by atoms with Gasteiger partial charge in [0.2, 0.25) is 6.33 Å². The Morgan fingerprint density at radius 3 is 1.89 bits per heavy atom. The van der Waals surface area contributed by atoms with Gasteiger partial charge >= 0.3 is 0 Å². The van der Waals surface area contributed by atoms with Gasteiger partial charge in [-0.2, -0.15) is 0 Å². The molecule has 4 saturated carbocycles. The van der Waals surface area contributed by atoms with Crippen molar-refractivity contribution < 1.29 is 4.57 Å². The van der Waals surface area contributed by atoms with Gasteiger partial charge in [-0.25, -0.2) is 9.13 Å². The van der Waals surface area contributed by atoms with Gasteiger partial charge in [-0.3, -0.25) is 0 Å². The third-order valence-electron chi connectivity index (χ3n) is 7.79. The molecule has 0 atom stereocenters. The summed E-state index contributed by atoms with van der Waals surface area (Å²) in [6, 6.07) is 6.88. The molecule has 0 aliphatic heterocycles. The van der Waals surface area contributed by atoms with Crippen LogP contribution >= 0.6 is 0 Å². The highest BCUT2D eigenvalue weighted by molar-refractivity contribution is 5.50. The normalized spacial score (nSPS) is 32.0. The third-order valence-corrected chi connectivity index (χ3v) is 7.79. The Morgan fingerprint density at radius 1 is 0.889 bits per heavy atom. The van der Waals surface area contributed by atoms with Crippen molar-refractivity contribution in [1.82, 2.24) is 4.57 Å². The van der Waals surface area contributed by atoms with Crippen LogP contribution in [0.5, 0.6) is 0 Å². The molecule has 1 aromatic carbocycles. The number of rotatable bonds is 4. The molecule has 0 amide bonds. The van der Waals surface area contributed by atoms with E-state index in [0.717, 1.165) is 17.8 Å². The molecule has 6 rings (SSSR count). The highest BCUT2D eigenvalue weighted by Crippen LogP contribution is 2.56. The molecule has 0 radical (unpaired) electrons. The molecule has 1 aromatic heterocycles. The SMILES string of the molecule is CC(C)c1cccc(C(C)C)c1-n1cc[n+](C23CC4CC(CC(C4)C2)C3)c1. The molecular formula is C25H35N2+. The summed E-state index contributed by atoms with van der Waals surface area (Å²) < 4.78 is 5.06. The van der Waals surface area contributed by atoms with Gasteiger partial charge in [-0.05, 0) is 68.1 Å². The van der Waals surface area contributed by atoms with Crippen LogP contribution in [0.4, 0.5) is 0 Å². The maximum atomic E-state index is 2.62. The van der Waals surface area contributed by atoms with Crippen LogP contribution in [0.25, 0.3) is 5.69 Å². The number of hydrogen-bond donors (Lipinski definition) is 0. The van der Waals surface area contributed by atoms with Gasteiger partial charge in [0.05, 0.1) is 0 Å². The quantitative estimate of drug-likeness (QED) is 0.595. The van der Waals surface area contributed by atoms with Crippen molar-refractivity contribution >= 4 is 0 Å². The zero-order valence-corrected chi connectivity index (χ0v) is 17.5. The molecule has 4 bridgehead atoms. The predicted molar refractivity (Wildman–Crippen MR) is 110 cm³/mol. The fraction of sp³-hybridized carbons (Fsp3) is 0.640. The lowest BCUT2D eigenvalue weighted by molar-refractivity contribution is -0.776. The summed E-state index contributed by atoms with van der Waals surface area (Å²) in [7, 11) is 0. The molecule has 4 fully saturated rings. The number of benzene rings is 1. The van der Waals surface area contributed by atoms with E-state index in [0.29, 0.717) is 17.4 Å². The topological polar surface area (TPSA) is 8.81 Å². The summed E-state index contributed by atoms with van der Waals surface area (Å²) in [5.74, 6) is 4.03. The first kappa shape index (κ1) is 17.5. The highest BCUT2D eigenvalue weighted by Gasteiger charge is 2.54. The van der Waals surface area contributed by atoms with E-state index in [1.807, 2.05) is 0 Å². The molecule has 27 heavy (non-hydrogen) atoms. The van der Waals surface area contributed by atoms with Crippen LogP contribution in [-0.4, -0.2) is 4.57 Å². The maximum absolute atomic E-state index is 2.62. The standard InChI is InChI=1S/C25H35N2/c1-17(2)22-6-5-7-23(18(3)4)24(22)26-8-9-27(16-26)25-13-19-10-20(14-25)12-21(11-19)15-25/h5-9,16-21H,10-15H2,1-4H3/q+1. The minimum Gasteiger partial charge on any atom is -0.231 e. The molecule has 144 valence electrons. The fourth-order valence-corrected chi connectivity index (χ4v) is 6.96. The Kier molecular flexibility index (Phi) is 4.04. The molecule has 2 nitrogen and oxygen atoms in total. The number of nitrogens with zero attached hydrogens (tertiary/aromatic N) is 2. The first-order valence-electron chi connectivity index (χ1n) is 11.2. The van der Waals surface area contributed by atoms with Gasteiger partial charge in [0.25, 0.3) is 0 Å². The van der Waals surface area contributed by atoms with Gasteiger partial charge in [0.1, 0.15) is 23.6 Å². The number of imidazole rings is 1. The molecule has 2 heteroatoms. The van der Waals surface area contributed by atoms with Crippen molar-refractivity contribution in [1.29, 1.82) is 0 Å². The van der Waals surface area contributed by atoms with Gasteiger partial charge in [0, 0.05) is 11.1 Å². The molecule has 0 unspecified atom stereocenters. The summed E-state index contributed by atoms with van der Waals surface area (Å²) in [4.78, 5) is 0. The lowest BCUT2D eigenvalue weighted by atomic mass is 9.53. The fourth-order valence-electron chi connectivity index (χ4n) is 6.96. The maximum Gasteiger partial charge on any atom is 0.249 e. The molecule has 4 aliphatic rings. The average Bonchev–Trinajstić information content (AvgIpc) is 3.10. The molecular weight excluding hydrogens is 328 g/mol. The van der Waals surface area contributed by atoms with Crippen LogP contribution in [-0.2, 0) is 5.54 Å². The van der Waals surface area contributed by atoms with Crippen LogP contribution < -0.4 is 4.57 Å². The lowest BCUT2D eigenvalue weighted by Gasteiger charge is -2.54. The van der Waals surface area contributed by atoms with E-state index in [1.54, 1.807) is 0 Å². The van der Waals surface area contributed by atoms with Gasteiger partial charge in [0.15, 0.2) is 0 Å². The van der Waals surface area contributed by atoms with E-state index < -0.39 is 0 Å². The van der Waals surface area contributed by atoms with Crippen LogP contribution in [0.2, 0.25) is 0 Å². The number of para-hydroxylation sites is 1. The number of aromatic nitrogens is 2. The van der Waals surface area contributed by atoms with Crippen molar-refractivity contribution in [2.45, 2.75) is 83.6 Å². The molecule has 4 aliphatic carbocycles. The van der Waals surface area contributed by atoms with E-state index in [-0.39, 0.29) is 0 Å². The van der Waals surface area contributed by atoms with E-state index in [9.17, 15) is 0 Å². The molecule has 0 N–H and O–H groups in total. The Morgan fingerprint density at radius 2 is 1.41 bits per heavy atom. The zero-order chi connectivity index (χ0) is 18.8. The second-order valence-corrected chi connectivity index (χ2v) is 10.5. The van der Waals surface area contributed by atoms with Crippen molar-refractivity contribution in [2.24, 2.45) is 17.8 Å². The van der Waals surface area contributed by atoms with Crippen LogP contribution in [0, 0.1) is 17.8 Å². The first-order chi connectivity index (χ1) is 12.9. The molecule has 0 saturated heterocycles. The summed E-state index contributed by atoms with van der Waals surface area (Å²) in [6.07, 6.45) is 15.9. The minimum absolute atomic E-state index is 0.408. The average molecular weight is 364 g/mol.